The Labute approximate surface area is 140 Å². The third-order valence-electron chi connectivity index (χ3n) is 4.91. The molecule has 138 valence electrons. The van der Waals surface area contributed by atoms with Crippen LogP contribution < -0.4 is 10.6 Å². The Morgan fingerprint density at radius 1 is 1.36 bits per heavy atom. The highest BCUT2D eigenvalue weighted by molar-refractivity contribution is 5.82. The summed E-state index contributed by atoms with van der Waals surface area (Å²) in [6, 6.07) is 0. The van der Waals surface area contributed by atoms with E-state index in [0.717, 1.165) is 0 Å². The van der Waals surface area contributed by atoms with Crippen LogP contribution in [0.25, 0.3) is 0 Å². The van der Waals surface area contributed by atoms with Crippen molar-refractivity contribution in [3.63, 3.8) is 0 Å². The van der Waals surface area contributed by atoms with E-state index in [4.69, 9.17) is 4.74 Å². The van der Waals surface area contributed by atoms with Gasteiger partial charge in [0, 0.05) is 5.41 Å². The second-order valence-corrected chi connectivity index (χ2v) is 6.45. The van der Waals surface area contributed by atoms with Gasteiger partial charge in [0.25, 0.3) is 0 Å². The van der Waals surface area contributed by atoms with Crippen LogP contribution in [0.2, 0.25) is 0 Å². The highest BCUT2D eigenvalue weighted by Crippen LogP contribution is 2.54. The molecule has 0 bridgehead atoms. The summed E-state index contributed by atoms with van der Waals surface area (Å²) < 4.78 is 42.5. The van der Waals surface area contributed by atoms with E-state index in [1.807, 2.05) is 0 Å². The minimum absolute atomic E-state index is 0.122. The second kappa shape index (κ2) is 6.62. The van der Waals surface area contributed by atoms with Gasteiger partial charge >= 0.3 is 12.1 Å². The van der Waals surface area contributed by atoms with Gasteiger partial charge in [-0.3, -0.25) is 9.89 Å². The average molecular weight is 361 g/mol. The Hall–Kier alpha value is -2.17. The van der Waals surface area contributed by atoms with Gasteiger partial charge in [0.1, 0.15) is 6.10 Å². The number of carbonyl (C=O) groups is 2. The predicted octanol–water partition coefficient (Wildman–Crippen LogP) is 0.285. The molecule has 2 atom stereocenters. The number of alkyl halides is 3. The van der Waals surface area contributed by atoms with E-state index in [9.17, 15) is 22.8 Å². The van der Waals surface area contributed by atoms with Crippen LogP contribution in [-0.2, 0) is 20.9 Å². The SMILES string of the molecule is O=C(NCc1cnn[nH]1)C1CC2(CCNCC2)C1OC(=O)C(F)(F)F. The van der Waals surface area contributed by atoms with E-state index < -0.39 is 35.5 Å². The smallest absolute Gasteiger partial charge is 0.454 e. The molecule has 3 rings (SSSR count). The van der Waals surface area contributed by atoms with Crippen LogP contribution in [0, 0.1) is 11.3 Å². The predicted molar refractivity (Wildman–Crippen MR) is 76.8 cm³/mol. The number of nitrogens with one attached hydrogen (secondary N) is 3. The Kier molecular flexibility index (Phi) is 4.67. The second-order valence-electron chi connectivity index (χ2n) is 6.45. The van der Waals surface area contributed by atoms with Crippen molar-refractivity contribution in [1.82, 2.24) is 26.0 Å². The van der Waals surface area contributed by atoms with Crippen molar-refractivity contribution in [2.24, 2.45) is 11.3 Å². The molecule has 2 aliphatic rings. The number of halogens is 3. The summed E-state index contributed by atoms with van der Waals surface area (Å²) in [4.78, 5) is 23.6. The number of aromatic nitrogens is 3. The maximum absolute atomic E-state index is 12.6. The lowest BCUT2D eigenvalue weighted by molar-refractivity contribution is -0.230. The topological polar surface area (TPSA) is 109 Å². The number of piperidine rings is 1. The lowest BCUT2D eigenvalue weighted by Gasteiger charge is -2.55. The molecule has 0 radical (unpaired) electrons. The van der Waals surface area contributed by atoms with E-state index >= 15 is 0 Å². The zero-order valence-electron chi connectivity index (χ0n) is 13.2. The van der Waals surface area contributed by atoms with Crippen LogP contribution in [0.5, 0.6) is 0 Å². The molecule has 0 aromatic carbocycles. The van der Waals surface area contributed by atoms with Crippen molar-refractivity contribution in [1.29, 1.82) is 0 Å². The summed E-state index contributed by atoms with van der Waals surface area (Å²) in [5.74, 6) is -3.48. The molecule has 1 aliphatic heterocycles. The molecule has 11 heteroatoms. The van der Waals surface area contributed by atoms with E-state index in [2.05, 4.69) is 26.0 Å². The summed E-state index contributed by atoms with van der Waals surface area (Å²) in [5, 5.41) is 15.4. The van der Waals surface area contributed by atoms with Gasteiger partial charge in [0.05, 0.1) is 24.4 Å². The number of rotatable bonds is 4. The Morgan fingerprint density at radius 2 is 2.08 bits per heavy atom. The number of aromatic amines is 1. The van der Waals surface area contributed by atoms with Crippen molar-refractivity contribution < 1.29 is 27.5 Å². The number of nitrogens with zero attached hydrogens (tertiary/aromatic N) is 2. The normalized spacial score (nSPS) is 25.2. The van der Waals surface area contributed by atoms with Crippen molar-refractivity contribution >= 4 is 11.9 Å². The fourth-order valence-electron chi connectivity index (χ4n) is 3.58. The molecule has 2 fully saturated rings. The van der Waals surface area contributed by atoms with Crippen LogP contribution in [0.4, 0.5) is 13.2 Å². The van der Waals surface area contributed by atoms with Gasteiger partial charge in [-0.25, -0.2) is 4.79 Å². The monoisotopic (exact) mass is 361 g/mol. The molecular weight excluding hydrogens is 343 g/mol. The van der Waals surface area contributed by atoms with Gasteiger partial charge in [0.15, 0.2) is 0 Å². The molecule has 1 aliphatic carbocycles. The zero-order chi connectivity index (χ0) is 18.1. The van der Waals surface area contributed by atoms with Crippen LogP contribution in [0.3, 0.4) is 0 Å². The average Bonchev–Trinajstić information content (AvgIpc) is 3.09. The maximum atomic E-state index is 12.6. The molecule has 2 unspecified atom stereocenters. The lowest BCUT2D eigenvalue weighted by Crippen LogP contribution is -2.62. The Bertz CT molecular complexity index is 628. The van der Waals surface area contributed by atoms with Gasteiger partial charge in [-0.15, -0.1) is 5.10 Å². The molecule has 1 amide bonds. The number of esters is 1. The van der Waals surface area contributed by atoms with Crippen LogP contribution in [0.1, 0.15) is 25.0 Å². The van der Waals surface area contributed by atoms with Gasteiger partial charge < -0.3 is 15.4 Å². The number of H-pyrrole nitrogens is 1. The first-order chi connectivity index (χ1) is 11.8. The molecule has 3 N–H and O–H groups in total. The van der Waals surface area contributed by atoms with Crippen LogP contribution in [0.15, 0.2) is 6.20 Å². The molecule has 1 saturated carbocycles. The van der Waals surface area contributed by atoms with E-state index in [-0.39, 0.29) is 6.54 Å². The van der Waals surface area contributed by atoms with E-state index in [0.29, 0.717) is 38.0 Å². The van der Waals surface area contributed by atoms with Crippen molar-refractivity contribution in [3.8, 4) is 0 Å². The van der Waals surface area contributed by atoms with Crippen molar-refractivity contribution in [3.05, 3.63) is 11.9 Å². The van der Waals surface area contributed by atoms with Crippen LogP contribution in [-0.4, -0.2) is 52.7 Å². The van der Waals surface area contributed by atoms with Gasteiger partial charge in [-0.1, -0.05) is 5.21 Å². The number of amides is 1. The number of hydrogen-bond donors (Lipinski definition) is 3. The van der Waals surface area contributed by atoms with Crippen molar-refractivity contribution in [2.45, 2.75) is 38.1 Å². The Balaban J connectivity index is 1.67. The molecule has 25 heavy (non-hydrogen) atoms. The lowest BCUT2D eigenvalue weighted by atomic mass is 9.55. The maximum Gasteiger partial charge on any atom is 0.490 e. The third-order valence-corrected chi connectivity index (χ3v) is 4.91. The fraction of sp³-hybridized carbons (Fsp3) is 0.714. The molecule has 1 spiro atoms. The summed E-state index contributed by atoms with van der Waals surface area (Å²) >= 11 is 0. The first-order valence-corrected chi connectivity index (χ1v) is 7.93. The first-order valence-electron chi connectivity index (χ1n) is 7.93. The standard InChI is InChI=1S/C14H18F3N5O3/c15-14(16,17)12(24)25-10-9(5-13(10)1-3-18-4-2-13)11(23)19-6-8-7-20-22-21-8/h7,9-10,18H,1-6H2,(H,19,23)(H,20,21,22). The molecule has 1 aromatic heterocycles. The number of ether oxygens (including phenoxy) is 1. The van der Waals surface area contributed by atoms with Crippen molar-refractivity contribution in [2.75, 3.05) is 13.1 Å². The van der Waals surface area contributed by atoms with Gasteiger partial charge in [-0.05, 0) is 32.4 Å². The first kappa shape index (κ1) is 17.6. The van der Waals surface area contributed by atoms with Crippen LogP contribution >= 0.6 is 0 Å². The number of hydrogen-bond acceptors (Lipinski definition) is 6. The minimum Gasteiger partial charge on any atom is -0.454 e. The summed E-state index contributed by atoms with van der Waals surface area (Å²) in [7, 11) is 0. The van der Waals surface area contributed by atoms with E-state index in [1.165, 1.54) is 6.20 Å². The summed E-state index contributed by atoms with van der Waals surface area (Å²) in [6.45, 7) is 1.36. The molecule has 2 heterocycles. The molecule has 1 saturated heterocycles. The van der Waals surface area contributed by atoms with Gasteiger partial charge in [-0.2, -0.15) is 13.2 Å². The Morgan fingerprint density at radius 3 is 2.68 bits per heavy atom. The quantitative estimate of drug-likeness (QED) is 0.665. The fourth-order valence-corrected chi connectivity index (χ4v) is 3.58. The molecular formula is C14H18F3N5O3. The summed E-state index contributed by atoms with van der Waals surface area (Å²) in [5.41, 5.74) is -0.00272. The third kappa shape index (κ3) is 3.60. The molecule has 1 aromatic rings. The minimum atomic E-state index is -5.08. The summed E-state index contributed by atoms with van der Waals surface area (Å²) in [6.07, 6.45) is -3.18. The number of carbonyl (C=O) groups excluding carboxylic acids is 2. The van der Waals surface area contributed by atoms with E-state index in [1.54, 1.807) is 0 Å². The zero-order valence-corrected chi connectivity index (χ0v) is 13.2. The molecule has 8 nitrogen and oxygen atoms in total. The highest BCUT2D eigenvalue weighted by atomic mass is 19.4. The van der Waals surface area contributed by atoms with Gasteiger partial charge in [0.2, 0.25) is 5.91 Å². The largest absolute Gasteiger partial charge is 0.490 e. The highest BCUT2D eigenvalue weighted by Gasteiger charge is 2.60.